The molecule has 0 aliphatic carbocycles. The minimum atomic E-state index is -0.285. The maximum Gasteiger partial charge on any atom is 0.274 e. The first-order chi connectivity index (χ1) is 13.7. The third-order valence-corrected chi connectivity index (χ3v) is 4.42. The van der Waals surface area contributed by atoms with Gasteiger partial charge in [0.1, 0.15) is 5.69 Å². The van der Waals surface area contributed by atoms with Crippen LogP contribution in [0.25, 0.3) is 22.0 Å². The lowest BCUT2D eigenvalue weighted by Crippen LogP contribution is -2.13. The number of fused-ring (bicyclic) bond motifs is 1. The van der Waals surface area contributed by atoms with Crippen molar-refractivity contribution >= 4 is 22.5 Å². The molecule has 4 aromatic rings. The second kappa shape index (κ2) is 7.40. The average molecular weight is 374 g/mol. The number of pyridine rings is 1. The van der Waals surface area contributed by atoms with Gasteiger partial charge in [-0.2, -0.15) is 5.10 Å². The number of amides is 1. The number of nitrogens with one attached hydrogen (secondary N) is 2. The van der Waals surface area contributed by atoms with E-state index >= 15 is 0 Å². The van der Waals surface area contributed by atoms with Crippen LogP contribution in [0.3, 0.4) is 0 Å². The Kier molecular flexibility index (Phi) is 4.63. The molecule has 0 aliphatic rings. The molecule has 0 spiro atoms. The first kappa shape index (κ1) is 17.5. The van der Waals surface area contributed by atoms with Gasteiger partial charge in [0, 0.05) is 11.6 Å². The number of aromatic nitrogens is 3. The number of ether oxygens (including phenoxy) is 2. The fourth-order valence-corrected chi connectivity index (χ4v) is 3.02. The van der Waals surface area contributed by atoms with Crippen molar-refractivity contribution in [3.05, 3.63) is 66.6 Å². The van der Waals surface area contributed by atoms with E-state index in [1.54, 1.807) is 44.8 Å². The molecule has 0 atom stereocenters. The summed E-state index contributed by atoms with van der Waals surface area (Å²) >= 11 is 0. The van der Waals surface area contributed by atoms with Crippen LogP contribution in [-0.4, -0.2) is 35.3 Å². The van der Waals surface area contributed by atoms with Crippen molar-refractivity contribution in [2.75, 3.05) is 19.5 Å². The molecule has 0 aliphatic heterocycles. The van der Waals surface area contributed by atoms with E-state index in [2.05, 4.69) is 20.5 Å². The highest BCUT2D eigenvalue weighted by Crippen LogP contribution is 2.35. The zero-order valence-corrected chi connectivity index (χ0v) is 15.4. The third kappa shape index (κ3) is 3.25. The van der Waals surface area contributed by atoms with Gasteiger partial charge in [-0.15, -0.1) is 0 Å². The Morgan fingerprint density at radius 2 is 1.86 bits per heavy atom. The molecule has 2 aromatic heterocycles. The largest absolute Gasteiger partial charge is 0.493 e. The lowest BCUT2D eigenvalue weighted by molar-refractivity contribution is 0.102. The average Bonchev–Trinajstić information content (AvgIpc) is 3.23. The van der Waals surface area contributed by atoms with Gasteiger partial charge in [-0.1, -0.05) is 12.1 Å². The predicted molar refractivity (Wildman–Crippen MR) is 107 cm³/mol. The number of aromatic amines is 1. The zero-order chi connectivity index (χ0) is 19.5. The second-order valence-corrected chi connectivity index (χ2v) is 6.09. The zero-order valence-electron chi connectivity index (χ0n) is 15.4. The van der Waals surface area contributed by atoms with Crippen molar-refractivity contribution in [3.8, 4) is 22.6 Å². The highest BCUT2D eigenvalue weighted by atomic mass is 16.5. The molecule has 2 heterocycles. The van der Waals surface area contributed by atoms with Crippen molar-refractivity contribution in [3.63, 3.8) is 0 Å². The summed E-state index contributed by atoms with van der Waals surface area (Å²) in [4.78, 5) is 16.7. The Bertz CT molecular complexity index is 1140. The van der Waals surface area contributed by atoms with Crippen LogP contribution in [0.1, 0.15) is 10.5 Å². The van der Waals surface area contributed by atoms with Crippen LogP contribution in [0, 0.1) is 0 Å². The molecule has 4 rings (SSSR count). The molecule has 140 valence electrons. The summed E-state index contributed by atoms with van der Waals surface area (Å²) in [5.74, 6) is 0.994. The fourth-order valence-electron chi connectivity index (χ4n) is 3.02. The lowest BCUT2D eigenvalue weighted by Gasteiger charge is -2.12. The number of carbonyl (C=O) groups excluding carboxylic acids is 1. The van der Waals surface area contributed by atoms with Gasteiger partial charge in [-0.05, 0) is 47.5 Å². The van der Waals surface area contributed by atoms with E-state index in [-0.39, 0.29) is 5.91 Å². The molecule has 7 heteroatoms. The molecule has 0 radical (unpaired) electrons. The molecule has 0 saturated carbocycles. The van der Waals surface area contributed by atoms with Gasteiger partial charge in [-0.25, -0.2) is 0 Å². The Morgan fingerprint density at radius 1 is 1.00 bits per heavy atom. The maximum atomic E-state index is 12.6. The lowest BCUT2D eigenvalue weighted by atomic mass is 10.0. The second-order valence-electron chi connectivity index (χ2n) is 6.09. The van der Waals surface area contributed by atoms with Crippen molar-refractivity contribution in [1.29, 1.82) is 0 Å². The van der Waals surface area contributed by atoms with Crippen LogP contribution in [-0.2, 0) is 0 Å². The molecule has 2 N–H and O–H groups in total. The summed E-state index contributed by atoms with van der Waals surface area (Å²) in [6.07, 6.45) is 3.27. The van der Waals surface area contributed by atoms with E-state index in [1.165, 1.54) is 0 Å². The van der Waals surface area contributed by atoms with Crippen LogP contribution in [0.15, 0.2) is 60.9 Å². The van der Waals surface area contributed by atoms with Gasteiger partial charge in [0.2, 0.25) is 0 Å². The highest BCUT2D eigenvalue weighted by molar-refractivity contribution is 6.08. The van der Waals surface area contributed by atoms with E-state index in [1.807, 2.05) is 30.3 Å². The summed E-state index contributed by atoms with van der Waals surface area (Å²) in [5.41, 5.74) is 3.61. The monoisotopic (exact) mass is 374 g/mol. The van der Waals surface area contributed by atoms with Crippen molar-refractivity contribution < 1.29 is 14.3 Å². The highest BCUT2D eigenvalue weighted by Gasteiger charge is 2.14. The van der Waals surface area contributed by atoms with Gasteiger partial charge < -0.3 is 14.8 Å². The van der Waals surface area contributed by atoms with Crippen molar-refractivity contribution in [2.45, 2.75) is 0 Å². The van der Waals surface area contributed by atoms with E-state index in [0.29, 0.717) is 22.9 Å². The van der Waals surface area contributed by atoms with E-state index in [4.69, 9.17) is 9.47 Å². The first-order valence-electron chi connectivity index (χ1n) is 8.61. The minimum Gasteiger partial charge on any atom is -0.493 e. The summed E-state index contributed by atoms with van der Waals surface area (Å²) in [7, 11) is 3.19. The van der Waals surface area contributed by atoms with Gasteiger partial charge in [0.15, 0.2) is 11.5 Å². The topological polar surface area (TPSA) is 89.1 Å². The number of hydrogen-bond acceptors (Lipinski definition) is 5. The maximum absolute atomic E-state index is 12.6. The molecular formula is C21H18N4O3. The quantitative estimate of drug-likeness (QED) is 0.553. The number of nitrogens with zero attached hydrogens (tertiary/aromatic N) is 2. The SMILES string of the molecule is COc1ccc(-c2cc(NC(=O)c3ccccn3)c3cn[nH]c3c2)cc1OC. The van der Waals surface area contributed by atoms with E-state index in [9.17, 15) is 4.79 Å². The normalized spacial score (nSPS) is 10.6. The Balaban J connectivity index is 1.76. The summed E-state index contributed by atoms with van der Waals surface area (Å²) < 4.78 is 10.7. The Morgan fingerprint density at radius 3 is 2.61 bits per heavy atom. The molecular weight excluding hydrogens is 356 g/mol. The molecule has 0 bridgehead atoms. The fraction of sp³-hybridized carbons (Fsp3) is 0.0952. The molecule has 2 aromatic carbocycles. The van der Waals surface area contributed by atoms with Gasteiger partial charge in [0.25, 0.3) is 5.91 Å². The summed E-state index contributed by atoms with van der Waals surface area (Å²) in [6, 6.07) is 14.7. The van der Waals surface area contributed by atoms with Crippen molar-refractivity contribution in [2.24, 2.45) is 0 Å². The number of rotatable bonds is 5. The molecule has 28 heavy (non-hydrogen) atoms. The molecule has 0 unspecified atom stereocenters. The van der Waals surface area contributed by atoms with Gasteiger partial charge >= 0.3 is 0 Å². The molecule has 1 amide bonds. The molecule has 0 fully saturated rings. The van der Waals surface area contributed by atoms with Crippen LogP contribution < -0.4 is 14.8 Å². The standard InChI is InChI=1S/C21H18N4O3/c1-27-19-7-6-13(11-20(19)28-2)14-9-17(15-12-23-25-18(15)10-14)24-21(26)16-5-3-4-8-22-16/h3-12H,1-2H3,(H,23,25)(H,24,26). The number of H-pyrrole nitrogens is 1. The minimum absolute atomic E-state index is 0.285. The summed E-state index contributed by atoms with van der Waals surface area (Å²) in [5, 5.41) is 10.8. The number of carbonyl (C=O) groups is 1. The third-order valence-electron chi connectivity index (χ3n) is 4.42. The first-order valence-corrected chi connectivity index (χ1v) is 8.61. The number of hydrogen-bond donors (Lipinski definition) is 2. The van der Waals surface area contributed by atoms with Gasteiger partial charge in [-0.3, -0.25) is 14.9 Å². The van der Waals surface area contributed by atoms with Gasteiger partial charge in [0.05, 0.1) is 31.6 Å². The molecule has 7 nitrogen and oxygen atoms in total. The van der Waals surface area contributed by atoms with E-state index in [0.717, 1.165) is 22.0 Å². The van der Waals surface area contributed by atoms with Crippen LogP contribution in [0.5, 0.6) is 11.5 Å². The predicted octanol–water partition coefficient (Wildman–Crippen LogP) is 3.89. The van der Waals surface area contributed by atoms with E-state index < -0.39 is 0 Å². The van der Waals surface area contributed by atoms with Crippen LogP contribution in [0.2, 0.25) is 0 Å². The molecule has 0 saturated heterocycles. The number of benzene rings is 2. The smallest absolute Gasteiger partial charge is 0.274 e. The van der Waals surface area contributed by atoms with Crippen molar-refractivity contribution in [1.82, 2.24) is 15.2 Å². The summed E-state index contributed by atoms with van der Waals surface area (Å²) in [6.45, 7) is 0. The Labute approximate surface area is 161 Å². The number of anilines is 1. The number of methoxy groups -OCH3 is 2. The Hall–Kier alpha value is -3.87. The van der Waals surface area contributed by atoms with Crippen LogP contribution >= 0.6 is 0 Å². The van der Waals surface area contributed by atoms with Crippen LogP contribution in [0.4, 0.5) is 5.69 Å².